The standard InChI is InChI=1S/C29H43N9O6/c30-20(17-19-7-2-1-3-8-19)27(43)37-14-6-11-23(37)26(42)36-21(9-4-12-34-29(31)32)28(44)38-15-5-10-22(38)25(41)35-18-24(40)33-13-16-39/h1-3,7-8,16,20-23H,4-6,9-15,17-18,30H2,(H,33,40)(H,35,41)(H,36,42)(H4,31,32,34)/t20-,21+,22+,23+/m1/s1. The lowest BCUT2D eigenvalue weighted by Crippen LogP contribution is -2.57. The Bertz CT molecular complexity index is 1210. The Morgan fingerprint density at radius 2 is 1.57 bits per heavy atom. The van der Waals surface area contributed by atoms with Gasteiger partial charge < -0.3 is 47.7 Å². The Morgan fingerprint density at radius 1 is 0.932 bits per heavy atom. The van der Waals surface area contributed by atoms with E-state index in [-0.39, 0.29) is 44.5 Å². The molecule has 9 N–H and O–H groups in total. The number of guanidine groups is 1. The van der Waals surface area contributed by atoms with Gasteiger partial charge in [0.25, 0.3) is 0 Å². The lowest BCUT2D eigenvalue weighted by molar-refractivity contribution is -0.143. The van der Waals surface area contributed by atoms with E-state index in [0.717, 1.165) is 5.56 Å². The number of nitrogens with zero attached hydrogens (tertiary/aromatic N) is 3. The van der Waals surface area contributed by atoms with Crippen molar-refractivity contribution in [3.63, 3.8) is 0 Å². The molecule has 0 radical (unpaired) electrons. The number of benzene rings is 1. The van der Waals surface area contributed by atoms with Gasteiger partial charge in [0.1, 0.15) is 24.4 Å². The third-order valence-corrected chi connectivity index (χ3v) is 7.66. The van der Waals surface area contributed by atoms with Gasteiger partial charge in [-0.25, -0.2) is 0 Å². The molecule has 2 aliphatic heterocycles. The highest BCUT2D eigenvalue weighted by molar-refractivity contribution is 5.96. The number of nitrogens with two attached hydrogens (primary N) is 3. The minimum absolute atomic E-state index is 0.0997. The summed E-state index contributed by atoms with van der Waals surface area (Å²) in [6.07, 6.45) is 3.38. The second-order valence-electron chi connectivity index (χ2n) is 10.9. The van der Waals surface area contributed by atoms with E-state index in [9.17, 15) is 28.8 Å². The summed E-state index contributed by atoms with van der Waals surface area (Å²) in [6, 6.07) is 5.92. The Hall–Kier alpha value is -4.53. The van der Waals surface area contributed by atoms with Gasteiger partial charge in [-0.2, -0.15) is 0 Å². The molecule has 0 spiro atoms. The van der Waals surface area contributed by atoms with Crippen molar-refractivity contribution in [3.05, 3.63) is 35.9 Å². The van der Waals surface area contributed by atoms with Crippen LogP contribution in [-0.4, -0.2) is 108 Å². The van der Waals surface area contributed by atoms with Gasteiger partial charge in [-0.15, -0.1) is 0 Å². The molecular weight excluding hydrogens is 570 g/mol. The van der Waals surface area contributed by atoms with Crippen LogP contribution in [0.2, 0.25) is 0 Å². The normalized spacial score (nSPS) is 19.0. The first-order valence-electron chi connectivity index (χ1n) is 14.9. The number of carbonyl (C=O) groups is 6. The molecule has 4 atom stereocenters. The van der Waals surface area contributed by atoms with Crippen LogP contribution in [0.3, 0.4) is 0 Å². The van der Waals surface area contributed by atoms with Gasteiger partial charge in [0, 0.05) is 19.6 Å². The summed E-state index contributed by atoms with van der Waals surface area (Å²) in [5.74, 6) is -2.42. The van der Waals surface area contributed by atoms with E-state index < -0.39 is 47.8 Å². The number of hydrogen-bond acceptors (Lipinski definition) is 8. The van der Waals surface area contributed by atoms with Crippen molar-refractivity contribution in [1.82, 2.24) is 25.8 Å². The molecule has 44 heavy (non-hydrogen) atoms. The smallest absolute Gasteiger partial charge is 0.245 e. The summed E-state index contributed by atoms with van der Waals surface area (Å²) in [5, 5.41) is 7.66. The highest BCUT2D eigenvalue weighted by Crippen LogP contribution is 2.22. The van der Waals surface area contributed by atoms with Crippen molar-refractivity contribution < 1.29 is 28.8 Å². The molecule has 15 heteroatoms. The summed E-state index contributed by atoms with van der Waals surface area (Å²) < 4.78 is 0. The van der Waals surface area contributed by atoms with E-state index in [1.807, 2.05) is 30.3 Å². The average molecular weight is 614 g/mol. The molecule has 0 saturated carbocycles. The predicted molar refractivity (Wildman–Crippen MR) is 162 cm³/mol. The van der Waals surface area contributed by atoms with Crippen LogP contribution in [-0.2, 0) is 35.2 Å². The molecular formula is C29H43N9O6. The van der Waals surface area contributed by atoms with E-state index in [0.29, 0.717) is 51.4 Å². The fourth-order valence-corrected chi connectivity index (χ4v) is 5.51. The molecule has 15 nitrogen and oxygen atoms in total. The maximum atomic E-state index is 13.8. The molecule has 5 amide bonds. The Kier molecular flexibility index (Phi) is 13.1. The highest BCUT2D eigenvalue weighted by atomic mass is 16.2. The summed E-state index contributed by atoms with van der Waals surface area (Å²) in [7, 11) is 0. The quantitative estimate of drug-likeness (QED) is 0.0530. The van der Waals surface area contributed by atoms with E-state index in [4.69, 9.17) is 17.2 Å². The average Bonchev–Trinajstić information content (AvgIpc) is 3.70. The van der Waals surface area contributed by atoms with Crippen LogP contribution < -0.4 is 33.2 Å². The topological polar surface area (TPSA) is 235 Å². The SMILES string of the molecule is NC(N)=NCCC[C@H](NC(=O)[C@@H]1CCCN1C(=O)[C@H](N)Cc1ccccc1)C(=O)N1CCC[C@H]1C(=O)NCC(=O)NCC=O. The van der Waals surface area contributed by atoms with Crippen LogP contribution in [0, 0.1) is 0 Å². The molecule has 0 unspecified atom stereocenters. The van der Waals surface area contributed by atoms with Crippen LogP contribution in [0.1, 0.15) is 44.1 Å². The molecule has 0 aromatic heterocycles. The fourth-order valence-electron chi connectivity index (χ4n) is 5.51. The molecule has 2 heterocycles. The summed E-state index contributed by atoms with van der Waals surface area (Å²) >= 11 is 0. The summed E-state index contributed by atoms with van der Waals surface area (Å²) in [4.78, 5) is 82.6. The molecule has 2 aliphatic rings. The third kappa shape index (κ3) is 9.76. The van der Waals surface area contributed by atoms with E-state index >= 15 is 0 Å². The number of rotatable bonds is 15. The first kappa shape index (κ1) is 34.0. The highest BCUT2D eigenvalue weighted by Gasteiger charge is 2.40. The minimum atomic E-state index is -1.00. The monoisotopic (exact) mass is 613 g/mol. The van der Waals surface area contributed by atoms with Crippen LogP contribution in [0.4, 0.5) is 0 Å². The van der Waals surface area contributed by atoms with Crippen LogP contribution in [0.25, 0.3) is 0 Å². The van der Waals surface area contributed by atoms with E-state index in [1.54, 1.807) is 0 Å². The van der Waals surface area contributed by atoms with E-state index in [1.165, 1.54) is 9.80 Å². The number of carbonyl (C=O) groups excluding carboxylic acids is 6. The van der Waals surface area contributed by atoms with Crippen molar-refractivity contribution >= 4 is 41.8 Å². The van der Waals surface area contributed by atoms with Gasteiger partial charge in [-0.05, 0) is 50.5 Å². The van der Waals surface area contributed by atoms with Crippen molar-refractivity contribution in [1.29, 1.82) is 0 Å². The Labute approximate surface area is 256 Å². The Morgan fingerprint density at radius 3 is 2.20 bits per heavy atom. The zero-order valence-corrected chi connectivity index (χ0v) is 24.8. The van der Waals surface area contributed by atoms with Crippen molar-refractivity contribution in [2.75, 3.05) is 32.7 Å². The second kappa shape index (κ2) is 16.9. The maximum absolute atomic E-state index is 13.8. The lowest BCUT2D eigenvalue weighted by Gasteiger charge is -2.31. The molecule has 2 saturated heterocycles. The lowest BCUT2D eigenvalue weighted by atomic mass is 10.0. The number of aliphatic imine (C=N–C) groups is 1. The number of amides is 5. The number of aldehydes is 1. The summed E-state index contributed by atoms with van der Waals surface area (Å²) in [5.41, 5.74) is 18.0. The third-order valence-electron chi connectivity index (χ3n) is 7.66. The second-order valence-corrected chi connectivity index (χ2v) is 10.9. The first-order chi connectivity index (χ1) is 21.1. The van der Waals surface area contributed by atoms with Gasteiger partial charge in [0.05, 0.1) is 19.1 Å². The predicted octanol–water partition coefficient (Wildman–Crippen LogP) is -2.49. The molecule has 0 aliphatic carbocycles. The maximum Gasteiger partial charge on any atom is 0.245 e. The summed E-state index contributed by atoms with van der Waals surface area (Å²) in [6.45, 7) is 0.368. The van der Waals surface area contributed by atoms with Crippen LogP contribution in [0.5, 0.6) is 0 Å². The van der Waals surface area contributed by atoms with Gasteiger partial charge in [-0.1, -0.05) is 30.3 Å². The van der Waals surface area contributed by atoms with Crippen molar-refractivity contribution in [2.45, 2.75) is 69.1 Å². The fraction of sp³-hybridized carbons (Fsp3) is 0.552. The molecule has 0 bridgehead atoms. The largest absolute Gasteiger partial charge is 0.370 e. The van der Waals surface area contributed by atoms with Crippen LogP contribution >= 0.6 is 0 Å². The Balaban J connectivity index is 1.68. The van der Waals surface area contributed by atoms with Crippen molar-refractivity contribution in [3.8, 4) is 0 Å². The van der Waals surface area contributed by atoms with E-state index in [2.05, 4.69) is 20.9 Å². The van der Waals surface area contributed by atoms with Gasteiger partial charge in [0.15, 0.2) is 5.96 Å². The zero-order chi connectivity index (χ0) is 32.1. The number of nitrogens with one attached hydrogen (secondary N) is 3. The molecule has 1 aromatic rings. The molecule has 3 rings (SSSR count). The number of hydrogen-bond donors (Lipinski definition) is 6. The molecule has 1 aromatic carbocycles. The molecule has 2 fully saturated rings. The van der Waals surface area contributed by atoms with Crippen molar-refractivity contribution in [2.24, 2.45) is 22.2 Å². The van der Waals surface area contributed by atoms with Gasteiger partial charge >= 0.3 is 0 Å². The van der Waals surface area contributed by atoms with Gasteiger partial charge in [0.2, 0.25) is 29.5 Å². The first-order valence-corrected chi connectivity index (χ1v) is 14.9. The molecule has 240 valence electrons. The minimum Gasteiger partial charge on any atom is -0.370 e. The zero-order valence-electron chi connectivity index (χ0n) is 24.8. The van der Waals surface area contributed by atoms with Gasteiger partial charge in [-0.3, -0.25) is 29.0 Å². The number of likely N-dealkylation sites (tertiary alicyclic amines) is 2. The van der Waals surface area contributed by atoms with Crippen LogP contribution in [0.15, 0.2) is 35.3 Å².